The van der Waals surface area contributed by atoms with Crippen LogP contribution in [0.5, 0.6) is 0 Å². The fourth-order valence-electron chi connectivity index (χ4n) is 1.83. The number of rotatable bonds is 5. The quantitative estimate of drug-likeness (QED) is 0.873. The summed E-state index contributed by atoms with van der Waals surface area (Å²) in [7, 11) is -3.51. The highest BCUT2D eigenvalue weighted by Crippen LogP contribution is 2.32. The number of sulfonamides is 1. The topological polar surface area (TPSA) is 70.2 Å². The Kier molecular flexibility index (Phi) is 3.59. The molecule has 18 heavy (non-hydrogen) atoms. The molecule has 0 saturated heterocycles. The van der Waals surface area contributed by atoms with Crippen molar-refractivity contribution in [2.75, 3.05) is 6.54 Å². The first-order chi connectivity index (χ1) is 8.41. The Morgan fingerprint density at radius 2 is 2.06 bits per heavy atom. The highest BCUT2D eigenvalue weighted by Gasteiger charge is 2.33. The predicted molar refractivity (Wildman–Crippen MR) is 68.8 cm³/mol. The molecule has 2 rings (SSSR count). The highest BCUT2D eigenvalue weighted by atomic mass is 32.2. The number of hydrogen-bond acceptors (Lipinski definition) is 3. The van der Waals surface area contributed by atoms with E-state index >= 15 is 0 Å². The molecule has 0 bridgehead atoms. The van der Waals surface area contributed by atoms with E-state index in [1.165, 1.54) is 22.6 Å². The van der Waals surface area contributed by atoms with Gasteiger partial charge in [-0.05, 0) is 38.7 Å². The monoisotopic (exact) mass is 270 g/mol. The van der Waals surface area contributed by atoms with Gasteiger partial charge in [0.1, 0.15) is 0 Å². The standard InChI is InChI=1S/C12H18N2O3S/c1-9(2)14(8-10-3-4-10)18(16,17)11-5-6-12(15)13-7-11/h5-7,9-10H,3-4,8H2,1-2H3,(H,13,15). The summed E-state index contributed by atoms with van der Waals surface area (Å²) in [5.74, 6) is 0.491. The van der Waals surface area contributed by atoms with Crippen molar-refractivity contribution in [2.24, 2.45) is 5.92 Å². The number of aromatic amines is 1. The summed E-state index contributed by atoms with van der Waals surface area (Å²) in [6.07, 6.45) is 3.47. The Morgan fingerprint density at radius 1 is 1.39 bits per heavy atom. The number of aromatic nitrogens is 1. The summed E-state index contributed by atoms with van der Waals surface area (Å²) in [5, 5.41) is 0. The minimum Gasteiger partial charge on any atom is -0.328 e. The van der Waals surface area contributed by atoms with Crippen LogP contribution in [0, 0.1) is 5.92 Å². The van der Waals surface area contributed by atoms with Gasteiger partial charge >= 0.3 is 0 Å². The molecule has 1 aromatic rings. The number of H-pyrrole nitrogens is 1. The first-order valence-electron chi connectivity index (χ1n) is 6.12. The van der Waals surface area contributed by atoms with Crippen LogP contribution in [0.2, 0.25) is 0 Å². The maximum Gasteiger partial charge on any atom is 0.247 e. The Bertz CT molecular complexity index is 553. The molecule has 5 nitrogen and oxygen atoms in total. The highest BCUT2D eigenvalue weighted by molar-refractivity contribution is 7.89. The van der Waals surface area contributed by atoms with Crippen molar-refractivity contribution in [3.05, 3.63) is 28.7 Å². The van der Waals surface area contributed by atoms with E-state index < -0.39 is 10.0 Å². The SMILES string of the molecule is CC(C)N(CC1CC1)S(=O)(=O)c1ccc(=O)[nH]c1. The second-order valence-electron chi connectivity index (χ2n) is 5.00. The normalized spacial score (nSPS) is 16.4. The molecule has 1 aromatic heterocycles. The molecule has 1 fully saturated rings. The van der Waals surface area contributed by atoms with Gasteiger partial charge in [0, 0.05) is 24.8 Å². The molecule has 0 radical (unpaired) electrons. The average molecular weight is 270 g/mol. The van der Waals surface area contributed by atoms with Gasteiger partial charge < -0.3 is 4.98 Å². The third-order valence-electron chi connectivity index (χ3n) is 3.07. The molecule has 1 aliphatic carbocycles. The lowest BCUT2D eigenvalue weighted by Gasteiger charge is -2.25. The molecule has 1 saturated carbocycles. The molecule has 0 atom stereocenters. The molecule has 0 aromatic carbocycles. The lowest BCUT2D eigenvalue weighted by atomic mass is 10.3. The maximum atomic E-state index is 12.5. The van der Waals surface area contributed by atoms with Crippen LogP contribution in [-0.4, -0.2) is 30.3 Å². The molecule has 1 N–H and O–H groups in total. The van der Waals surface area contributed by atoms with E-state index in [9.17, 15) is 13.2 Å². The molecular formula is C12H18N2O3S. The first kappa shape index (κ1) is 13.3. The van der Waals surface area contributed by atoms with Crippen LogP contribution in [-0.2, 0) is 10.0 Å². The Morgan fingerprint density at radius 3 is 2.50 bits per heavy atom. The van der Waals surface area contributed by atoms with E-state index in [1.807, 2.05) is 13.8 Å². The van der Waals surface area contributed by atoms with Crippen molar-refractivity contribution in [2.45, 2.75) is 37.6 Å². The fraction of sp³-hybridized carbons (Fsp3) is 0.583. The fourth-order valence-corrected chi connectivity index (χ4v) is 3.51. The van der Waals surface area contributed by atoms with Gasteiger partial charge in [-0.3, -0.25) is 4.79 Å². The van der Waals surface area contributed by atoms with Gasteiger partial charge in [0.05, 0.1) is 4.90 Å². The van der Waals surface area contributed by atoms with Gasteiger partial charge in [-0.1, -0.05) is 0 Å². The van der Waals surface area contributed by atoms with E-state index in [2.05, 4.69) is 4.98 Å². The molecule has 0 aliphatic heterocycles. The van der Waals surface area contributed by atoms with Crippen LogP contribution < -0.4 is 5.56 Å². The van der Waals surface area contributed by atoms with Crippen molar-refractivity contribution in [1.29, 1.82) is 0 Å². The average Bonchev–Trinajstić information content (AvgIpc) is 3.09. The molecule has 0 unspecified atom stereocenters. The minimum absolute atomic E-state index is 0.0810. The molecule has 100 valence electrons. The van der Waals surface area contributed by atoms with Gasteiger partial charge in [0.15, 0.2) is 0 Å². The molecular weight excluding hydrogens is 252 g/mol. The van der Waals surface area contributed by atoms with Crippen LogP contribution in [0.1, 0.15) is 26.7 Å². The van der Waals surface area contributed by atoms with Gasteiger partial charge in [0.2, 0.25) is 15.6 Å². The Hall–Kier alpha value is -1.14. The summed E-state index contributed by atoms with van der Waals surface area (Å²) >= 11 is 0. The smallest absolute Gasteiger partial charge is 0.247 e. The van der Waals surface area contributed by atoms with E-state index in [4.69, 9.17) is 0 Å². The third-order valence-corrected chi connectivity index (χ3v) is 5.11. The molecule has 1 aliphatic rings. The van der Waals surface area contributed by atoms with E-state index in [1.54, 1.807) is 0 Å². The number of hydrogen-bond donors (Lipinski definition) is 1. The van der Waals surface area contributed by atoms with Crippen molar-refractivity contribution < 1.29 is 8.42 Å². The van der Waals surface area contributed by atoms with Crippen LogP contribution in [0.25, 0.3) is 0 Å². The summed E-state index contributed by atoms with van der Waals surface area (Å²) < 4.78 is 26.4. The lowest BCUT2D eigenvalue weighted by molar-refractivity contribution is 0.341. The van der Waals surface area contributed by atoms with Crippen LogP contribution in [0.4, 0.5) is 0 Å². The van der Waals surface area contributed by atoms with Crippen molar-refractivity contribution >= 4 is 10.0 Å². The Balaban J connectivity index is 2.31. The zero-order valence-corrected chi connectivity index (χ0v) is 11.4. The number of nitrogens with one attached hydrogen (secondary N) is 1. The molecule has 6 heteroatoms. The molecule has 0 spiro atoms. The van der Waals surface area contributed by atoms with Gasteiger partial charge in [-0.2, -0.15) is 4.31 Å². The summed E-state index contributed by atoms with van der Waals surface area (Å²) in [6, 6.07) is 2.52. The minimum atomic E-state index is -3.51. The largest absolute Gasteiger partial charge is 0.328 e. The van der Waals surface area contributed by atoms with Gasteiger partial charge in [0.25, 0.3) is 0 Å². The van der Waals surface area contributed by atoms with E-state index in [0.29, 0.717) is 12.5 Å². The van der Waals surface area contributed by atoms with Crippen molar-refractivity contribution in [1.82, 2.24) is 9.29 Å². The zero-order chi connectivity index (χ0) is 13.3. The van der Waals surface area contributed by atoms with Crippen molar-refractivity contribution in [3.8, 4) is 0 Å². The third kappa shape index (κ3) is 2.81. The summed E-state index contributed by atoms with van der Waals surface area (Å²) in [6.45, 7) is 4.30. The van der Waals surface area contributed by atoms with Gasteiger partial charge in [-0.25, -0.2) is 8.42 Å². The molecule has 1 heterocycles. The first-order valence-corrected chi connectivity index (χ1v) is 7.56. The predicted octanol–water partition coefficient (Wildman–Crippen LogP) is 1.18. The summed E-state index contributed by atoms with van der Waals surface area (Å²) in [4.78, 5) is 13.5. The Labute approximate surface area is 107 Å². The zero-order valence-electron chi connectivity index (χ0n) is 10.6. The van der Waals surface area contributed by atoms with E-state index in [0.717, 1.165) is 12.8 Å². The van der Waals surface area contributed by atoms with Gasteiger partial charge in [-0.15, -0.1) is 0 Å². The number of pyridine rings is 1. The molecule has 0 amide bonds. The second kappa shape index (κ2) is 4.85. The van der Waals surface area contributed by atoms with Crippen molar-refractivity contribution in [3.63, 3.8) is 0 Å². The van der Waals surface area contributed by atoms with Crippen LogP contribution in [0.15, 0.2) is 28.0 Å². The number of nitrogens with zero attached hydrogens (tertiary/aromatic N) is 1. The maximum absolute atomic E-state index is 12.5. The van der Waals surface area contributed by atoms with E-state index in [-0.39, 0.29) is 16.5 Å². The second-order valence-corrected chi connectivity index (χ2v) is 6.89. The van der Waals surface area contributed by atoms with Crippen LogP contribution >= 0.6 is 0 Å². The lowest BCUT2D eigenvalue weighted by Crippen LogP contribution is -2.38. The summed E-state index contributed by atoms with van der Waals surface area (Å²) in [5.41, 5.74) is -0.299. The van der Waals surface area contributed by atoms with Crippen LogP contribution in [0.3, 0.4) is 0 Å².